The Morgan fingerprint density at radius 2 is 1.31 bits per heavy atom. The van der Waals surface area contributed by atoms with Crippen molar-refractivity contribution >= 4 is 22.7 Å². The van der Waals surface area contributed by atoms with Crippen LogP contribution < -0.4 is 22.1 Å². The molecule has 158 valence electrons. The van der Waals surface area contributed by atoms with Crippen molar-refractivity contribution in [3.8, 4) is 0 Å². The third kappa shape index (κ3) is 7.35. The molecule has 0 saturated carbocycles. The van der Waals surface area contributed by atoms with Crippen LogP contribution in [-0.4, -0.2) is 44.3 Å². The Bertz CT molecular complexity index is 740. The number of rotatable bonds is 12. The minimum atomic E-state index is 0.811. The Labute approximate surface area is 176 Å². The number of nitrogens with one attached hydrogen (secondary N) is 2. The zero-order valence-corrected chi connectivity index (χ0v) is 18.3. The minimum absolute atomic E-state index is 0.811. The molecule has 0 fully saturated rings. The largest absolute Gasteiger partial charge is 0.399 e. The quantitative estimate of drug-likeness (QED) is 0.186. The maximum atomic E-state index is 5.83. The third-order valence-corrected chi connectivity index (χ3v) is 5.45. The van der Waals surface area contributed by atoms with Crippen molar-refractivity contribution in [1.82, 2.24) is 0 Å². The number of hydrogen-bond acceptors (Lipinski definition) is 4. The molecule has 6 N–H and O–H groups in total. The molecule has 0 amide bonds. The molecule has 0 spiro atoms. The molecule has 0 unspecified atom stereocenters. The van der Waals surface area contributed by atoms with E-state index in [1.807, 2.05) is 30.3 Å². The van der Waals surface area contributed by atoms with E-state index in [4.69, 9.17) is 11.5 Å². The lowest BCUT2D eigenvalue weighted by Crippen LogP contribution is -2.46. The first kappa shape index (κ1) is 22.6. The Balaban J connectivity index is 1.76. The predicted molar refractivity (Wildman–Crippen MR) is 128 cm³/mol. The van der Waals surface area contributed by atoms with Gasteiger partial charge in [0.25, 0.3) is 0 Å². The van der Waals surface area contributed by atoms with Crippen molar-refractivity contribution in [2.45, 2.75) is 26.7 Å². The van der Waals surface area contributed by atoms with E-state index in [0.29, 0.717) is 0 Å². The van der Waals surface area contributed by atoms with Gasteiger partial charge in [-0.15, -0.1) is 0 Å². The summed E-state index contributed by atoms with van der Waals surface area (Å²) in [5.74, 6) is 0. The van der Waals surface area contributed by atoms with Gasteiger partial charge in [-0.05, 0) is 67.4 Å². The fourth-order valence-corrected chi connectivity index (χ4v) is 3.74. The summed E-state index contributed by atoms with van der Waals surface area (Å²) in [7, 11) is 2.32. The number of likely N-dealkylation sites (N-methyl/N-ethyl adjacent to an activating group) is 1. The molecular formula is C24H38N5+. The fourth-order valence-electron chi connectivity index (χ4n) is 3.74. The van der Waals surface area contributed by atoms with Crippen molar-refractivity contribution in [2.24, 2.45) is 0 Å². The molecule has 5 heteroatoms. The van der Waals surface area contributed by atoms with Crippen molar-refractivity contribution in [3.63, 3.8) is 0 Å². The summed E-state index contributed by atoms with van der Waals surface area (Å²) < 4.78 is 1.01. The molecule has 0 aliphatic carbocycles. The van der Waals surface area contributed by atoms with Gasteiger partial charge < -0.3 is 26.6 Å². The normalized spacial score (nSPS) is 11.3. The van der Waals surface area contributed by atoms with E-state index >= 15 is 0 Å². The fraction of sp³-hybridized carbons (Fsp3) is 0.417. The number of aryl methyl sites for hydroxylation is 2. The summed E-state index contributed by atoms with van der Waals surface area (Å²) in [5, 5.41) is 7.08. The van der Waals surface area contributed by atoms with Crippen LogP contribution in [0, 0.1) is 13.8 Å². The van der Waals surface area contributed by atoms with Crippen LogP contribution in [0.3, 0.4) is 0 Å². The highest BCUT2D eigenvalue weighted by molar-refractivity contribution is 5.58. The van der Waals surface area contributed by atoms with Crippen LogP contribution in [0.1, 0.15) is 24.0 Å². The van der Waals surface area contributed by atoms with Gasteiger partial charge in [0, 0.05) is 48.7 Å². The average Bonchev–Trinajstić information content (AvgIpc) is 2.65. The molecule has 2 aromatic rings. The van der Waals surface area contributed by atoms with Gasteiger partial charge in [0.2, 0.25) is 0 Å². The smallest absolute Gasteiger partial charge is 0.0969 e. The Morgan fingerprint density at radius 1 is 0.862 bits per heavy atom. The summed E-state index contributed by atoms with van der Waals surface area (Å²) in [5.41, 5.74) is 18.0. The Morgan fingerprint density at radius 3 is 1.69 bits per heavy atom. The molecule has 0 aromatic heterocycles. The van der Waals surface area contributed by atoms with Crippen molar-refractivity contribution in [1.29, 1.82) is 0 Å². The van der Waals surface area contributed by atoms with E-state index < -0.39 is 0 Å². The van der Waals surface area contributed by atoms with E-state index in [2.05, 4.69) is 50.2 Å². The van der Waals surface area contributed by atoms with Gasteiger partial charge in [-0.1, -0.05) is 6.58 Å². The van der Waals surface area contributed by atoms with Gasteiger partial charge in [-0.3, -0.25) is 0 Å². The van der Waals surface area contributed by atoms with E-state index in [-0.39, 0.29) is 0 Å². The number of quaternary nitrogens is 1. The van der Waals surface area contributed by atoms with E-state index in [1.54, 1.807) is 0 Å². The number of nitrogens with zero attached hydrogens (tertiary/aromatic N) is 1. The molecule has 5 nitrogen and oxygen atoms in total. The highest BCUT2D eigenvalue weighted by Crippen LogP contribution is 2.19. The van der Waals surface area contributed by atoms with Crippen molar-refractivity contribution < 1.29 is 4.48 Å². The molecule has 0 heterocycles. The van der Waals surface area contributed by atoms with Crippen LogP contribution in [-0.2, 0) is 0 Å². The van der Waals surface area contributed by atoms with Crippen molar-refractivity contribution in [2.75, 3.05) is 61.9 Å². The van der Waals surface area contributed by atoms with Crippen LogP contribution in [0.2, 0.25) is 0 Å². The van der Waals surface area contributed by atoms with Crippen molar-refractivity contribution in [3.05, 3.63) is 60.2 Å². The molecule has 0 bridgehead atoms. The number of nitrogen functional groups attached to an aromatic ring is 2. The first-order valence-electron chi connectivity index (χ1n) is 10.5. The van der Waals surface area contributed by atoms with E-state index in [0.717, 1.165) is 61.4 Å². The second-order valence-corrected chi connectivity index (χ2v) is 8.25. The zero-order chi connectivity index (χ0) is 21.3. The molecule has 2 aromatic carbocycles. The van der Waals surface area contributed by atoms with E-state index in [9.17, 15) is 0 Å². The van der Waals surface area contributed by atoms with Gasteiger partial charge in [0.1, 0.15) is 0 Å². The van der Waals surface area contributed by atoms with Crippen LogP contribution >= 0.6 is 0 Å². The SMILES string of the molecule is C=CC[N+](C)(CCCNc1ccc(N)cc1C)CCCNc1ccc(N)cc1C. The van der Waals surface area contributed by atoms with Gasteiger partial charge in [-0.25, -0.2) is 0 Å². The number of hydrogen-bond donors (Lipinski definition) is 4. The number of benzene rings is 2. The second-order valence-electron chi connectivity index (χ2n) is 8.25. The summed E-state index contributed by atoms with van der Waals surface area (Å²) in [6.45, 7) is 13.3. The lowest BCUT2D eigenvalue weighted by atomic mass is 10.1. The second kappa shape index (κ2) is 10.8. The highest BCUT2D eigenvalue weighted by Gasteiger charge is 2.19. The topological polar surface area (TPSA) is 76.1 Å². The minimum Gasteiger partial charge on any atom is -0.399 e. The summed E-state index contributed by atoms with van der Waals surface area (Å²) in [6, 6.07) is 12.0. The number of nitrogens with two attached hydrogens (primary N) is 2. The summed E-state index contributed by atoms with van der Waals surface area (Å²) in [4.78, 5) is 0. The Hall–Kier alpha value is -2.66. The predicted octanol–water partition coefficient (Wildman–Crippen LogP) is 4.40. The van der Waals surface area contributed by atoms with Crippen LogP contribution in [0.4, 0.5) is 22.7 Å². The molecule has 2 rings (SSSR count). The molecule has 0 aliphatic rings. The first-order chi connectivity index (χ1) is 13.8. The maximum absolute atomic E-state index is 5.83. The molecule has 0 atom stereocenters. The van der Waals surface area contributed by atoms with Crippen LogP contribution in [0.15, 0.2) is 49.1 Å². The zero-order valence-electron chi connectivity index (χ0n) is 18.3. The molecule has 29 heavy (non-hydrogen) atoms. The van der Waals surface area contributed by atoms with Gasteiger partial charge in [0.05, 0.1) is 26.7 Å². The maximum Gasteiger partial charge on any atom is 0.0969 e. The summed E-state index contributed by atoms with van der Waals surface area (Å²) in [6.07, 6.45) is 4.26. The number of anilines is 4. The Kier molecular flexibility index (Phi) is 8.40. The van der Waals surface area contributed by atoms with Gasteiger partial charge in [-0.2, -0.15) is 0 Å². The summed E-state index contributed by atoms with van der Waals surface area (Å²) >= 11 is 0. The van der Waals surface area contributed by atoms with E-state index in [1.165, 1.54) is 22.5 Å². The molecule has 0 saturated heterocycles. The third-order valence-electron chi connectivity index (χ3n) is 5.45. The van der Waals surface area contributed by atoms with Gasteiger partial charge in [0.15, 0.2) is 0 Å². The van der Waals surface area contributed by atoms with Crippen LogP contribution in [0.25, 0.3) is 0 Å². The molecular weight excluding hydrogens is 358 g/mol. The van der Waals surface area contributed by atoms with Gasteiger partial charge >= 0.3 is 0 Å². The van der Waals surface area contributed by atoms with Crippen LogP contribution in [0.5, 0.6) is 0 Å². The molecule has 0 aliphatic heterocycles. The average molecular weight is 397 g/mol. The highest BCUT2D eigenvalue weighted by atomic mass is 15.3. The lowest BCUT2D eigenvalue weighted by Gasteiger charge is -2.34. The first-order valence-corrected chi connectivity index (χ1v) is 10.5. The standard InChI is InChI=1S/C24H38N5/c1-5-14-29(4,15-6-12-27-23-10-8-21(25)17-19(23)2)16-7-13-28-24-11-9-22(26)18-20(24)3/h5,8-11,17-18,27-28H,1,6-7,12-16,25-26H2,2-4H3/q+1. The monoisotopic (exact) mass is 396 g/mol. The molecule has 0 radical (unpaired) electrons. The lowest BCUT2D eigenvalue weighted by molar-refractivity contribution is -0.904.